The van der Waals surface area contributed by atoms with Gasteiger partial charge < -0.3 is 10.2 Å². The van der Waals surface area contributed by atoms with E-state index in [1.807, 2.05) is 25.1 Å². The second kappa shape index (κ2) is 9.05. The molecule has 8 heteroatoms. The van der Waals surface area contributed by atoms with Crippen LogP contribution in [-0.2, 0) is 21.4 Å². The van der Waals surface area contributed by atoms with Gasteiger partial charge in [-0.15, -0.1) is 0 Å². The summed E-state index contributed by atoms with van der Waals surface area (Å²) in [7, 11) is -3.48. The van der Waals surface area contributed by atoms with Gasteiger partial charge in [0.25, 0.3) is 5.91 Å². The first-order valence-corrected chi connectivity index (χ1v) is 11.1. The number of aryl methyl sites for hydroxylation is 1. The summed E-state index contributed by atoms with van der Waals surface area (Å²) in [6.45, 7) is 4.65. The summed E-state index contributed by atoms with van der Waals surface area (Å²) >= 11 is 6.10. The predicted molar refractivity (Wildman–Crippen MR) is 109 cm³/mol. The van der Waals surface area contributed by atoms with E-state index < -0.39 is 10.0 Å². The van der Waals surface area contributed by atoms with Crippen LogP contribution in [-0.4, -0.2) is 51.4 Å². The second-order valence-corrected chi connectivity index (χ2v) is 9.36. The summed E-state index contributed by atoms with van der Waals surface area (Å²) in [4.78, 5) is 13.6. The maximum Gasteiger partial charge on any atom is 0.275 e. The van der Waals surface area contributed by atoms with E-state index in [0.717, 1.165) is 16.0 Å². The highest BCUT2D eigenvalue weighted by Gasteiger charge is 2.31. The standard InChI is InChI=1S/C20H24ClN3O3S/c1-16-6-8-18(9-7-16)28(26,27)24-12-10-23(11-13-24)15-20(25)22-14-17-4-2-3-5-19(17)21/h2-9H,10-15H2,1H3,(H,22,25)/p+1. The summed E-state index contributed by atoms with van der Waals surface area (Å²) in [5.74, 6) is -0.0650. The number of hydrogen-bond acceptors (Lipinski definition) is 3. The van der Waals surface area contributed by atoms with E-state index in [9.17, 15) is 13.2 Å². The number of carbonyl (C=O) groups excluding carboxylic acids is 1. The van der Waals surface area contributed by atoms with Gasteiger partial charge in [0, 0.05) is 11.6 Å². The van der Waals surface area contributed by atoms with Crippen LogP contribution in [0.4, 0.5) is 0 Å². The van der Waals surface area contributed by atoms with Crippen molar-refractivity contribution in [2.75, 3.05) is 32.7 Å². The zero-order valence-electron chi connectivity index (χ0n) is 15.8. The van der Waals surface area contributed by atoms with Gasteiger partial charge in [0.15, 0.2) is 6.54 Å². The molecule has 0 atom stereocenters. The molecule has 1 heterocycles. The number of nitrogens with zero attached hydrogens (tertiary/aromatic N) is 1. The van der Waals surface area contributed by atoms with Gasteiger partial charge in [0.05, 0.1) is 31.1 Å². The van der Waals surface area contributed by atoms with Gasteiger partial charge in [-0.3, -0.25) is 4.79 Å². The van der Waals surface area contributed by atoms with Crippen molar-refractivity contribution in [1.82, 2.24) is 9.62 Å². The average molecular weight is 423 g/mol. The molecule has 3 rings (SSSR count). The van der Waals surface area contributed by atoms with Crippen LogP contribution >= 0.6 is 11.6 Å². The Bertz CT molecular complexity index is 924. The molecular formula is C20H25ClN3O3S+. The van der Waals surface area contributed by atoms with E-state index in [2.05, 4.69) is 5.32 Å². The molecule has 1 fully saturated rings. The zero-order valence-corrected chi connectivity index (χ0v) is 17.4. The van der Waals surface area contributed by atoms with Gasteiger partial charge in [-0.2, -0.15) is 4.31 Å². The van der Waals surface area contributed by atoms with Gasteiger partial charge in [0.1, 0.15) is 0 Å². The minimum atomic E-state index is -3.48. The number of hydrogen-bond donors (Lipinski definition) is 2. The zero-order chi connectivity index (χ0) is 20.1. The van der Waals surface area contributed by atoms with Gasteiger partial charge in [-0.1, -0.05) is 47.5 Å². The van der Waals surface area contributed by atoms with Crippen molar-refractivity contribution < 1.29 is 18.1 Å². The Morgan fingerprint density at radius 2 is 1.75 bits per heavy atom. The van der Waals surface area contributed by atoms with Crippen LogP contribution in [0.25, 0.3) is 0 Å². The molecule has 0 radical (unpaired) electrons. The molecule has 1 saturated heterocycles. The second-order valence-electron chi connectivity index (χ2n) is 7.01. The van der Waals surface area contributed by atoms with Crippen LogP contribution in [0.2, 0.25) is 5.02 Å². The summed E-state index contributed by atoms with van der Waals surface area (Å²) in [6, 6.07) is 14.3. The molecule has 6 nitrogen and oxygen atoms in total. The molecule has 1 amide bonds. The van der Waals surface area contributed by atoms with Crippen molar-refractivity contribution in [3.05, 3.63) is 64.7 Å². The molecule has 0 aromatic heterocycles. The molecule has 2 aromatic rings. The molecule has 1 aliphatic rings. The maximum absolute atomic E-state index is 12.7. The molecular weight excluding hydrogens is 398 g/mol. The van der Waals surface area contributed by atoms with Crippen molar-refractivity contribution in [1.29, 1.82) is 0 Å². The van der Waals surface area contributed by atoms with Crippen molar-refractivity contribution in [2.24, 2.45) is 0 Å². The summed E-state index contributed by atoms with van der Waals surface area (Å²) in [6.07, 6.45) is 0. The van der Waals surface area contributed by atoms with Crippen LogP contribution in [0.15, 0.2) is 53.4 Å². The van der Waals surface area contributed by atoms with Crippen molar-refractivity contribution >= 4 is 27.5 Å². The quantitative estimate of drug-likeness (QED) is 0.725. The molecule has 0 bridgehead atoms. The smallest absolute Gasteiger partial charge is 0.275 e. The lowest BCUT2D eigenvalue weighted by atomic mass is 10.2. The number of benzene rings is 2. The van der Waals surface area contributed by atoms with E-state index >= 15 is 0 Å². The number of sulfonamides is 1. The third kappa shape index (κ3) is 5.11. The fourth-order valence-electron chi connectivity index (χ4n) is 3.20. The highest BCUT2D eigenvalue weighted by atomic mass is 35.5. The van der Waals surface area contributed by atoms with Crippen LogP contribution in [0.3, 0.4) is 0 Å². The van der Waals surface area contributed by atoms with E-state index in [4.69, 9.17) is 11.6 Å². The summed E-state index contributed by atoms with van der Waals surface area (Å²) < 4.78 is 27.0. The van der Waals surface area contributed by atoms with Gasteiger partial charge in [-0.05, 0) is 30.7 Å². The Morgan fingerprint density at radius 3 is 2.39 bits per heavy atom. The fourth-order valence-corrected chi connectivity index (χ4v) is 4.85. The minimum absolute atomic E-state index is 0.0650. The normalized spacial score (nSPS) is 16.1. The van der Waals surface area contributed by atoms with E-state index in [-0.39, 0.29) is 5.91 Å². The number of piperazine rings is 1. The van der Waals surface area contributed by atoms with Crippen LogP contribution in [0, 0.1) is 6.92 Å². The fraction of sp³-hybridized carbons (Fsp3) is 0.350. The van der Waals surface area contributed by atoms with Gasteiger partial charge in [0.2, 0.25) is 10.0 Å². The van der Waals surface area contributed by atoms with Gasteiger partial charge >= 0.3 is 0 Å². The minimum Gasteiger partial charge on any atom is -0.347 e. The predicted octanol–water partition coefficient (Wildman–Crippen LogP) is 0.854. The highest BCUT2D eigenvalue weighted by Crippen LogP contribution is 2.16. The molecule has 28 heavy (non-hydrogen) atoms. The number of amides is 1. The Kier molecular flexibility index (Phi) is 6.72. The topological polar surface area (TPSA) is 70.9 Å². The number of carbonyl (C=O) groups is 1. The number of rotatable bonds is 6. The molecule has 1 aliphatic heterocycles. The lowest BCUT2D eigenvalue weighted by Gasteiger charge is -2.31. The van der Waals surface area contributed by atoms with E-state index in [1.165, 1.54) is 4.31 Å². The highest BCUT2D eigenvalue weighted by molar-refractivity contribution is 7.89. The molecule has 0 saturated carbocycles. The van der Waals surface area contributed by atoms with Crippen molar-refractivity contribution in [3.8, 4) is 0 Å². The Morgan fingerprint density at radius 1 is 1.11 bits per heavy atom. The van der Waals surface area contributed by atoms with Crippen molar-refractivity contribution in [3.63, 3.8) is 0 Å². The Balaban J connectivity index is 1.49. The molecule has 0 spiro atoms. The molecule has 0 aliphatic carbocycles. The maximum atomic E-state index is 12.7. The largest absolute Gasteiger partial charge is 0.347 e. The summed E-state index contributed by atoms with van der Waals surface area (Å²) in [5, 5.41) is 3.51. The number of halogens is 1. The molecule has 2 N–H and O–H groups in total. The third-order valence-corrected chi connectivity index (χ3v) is 7.21. The lowest BCUT2D eigenvalue weighted by Crippen LogP contribution is -3.15. The van der Waals surface area contributed by atoms with Crippen LogP contribution < -0.4 is 10.2 Å². The Hall–Kier alpha value is -1.93. The third-order valence-electron chi connectivity index (χ3n) is 4.93. The average Bonchev–Trinajstić information content (AvgIpc) is 2.68. The van der Waals surface area contributed by atoms with Crippen LogP contribution in [0.5, 0.6) is 0 Å². The van der Waals surface area contributed by atoms with E-state index in [0.29, 0.717) is 49.2 Å². The van der Waals surface area contributed by atoms with E-state index in [1.54, 1.807) is 30.3 Å². The SMILES string of the molecule is Cc1ccc(S(=O)(=O)N2CC[NH+](CC(=O)NCc3ccccc3Cl)CC2)cc1. The first-order valence-electron chi connectivity index (χ1n) is 9.27. The monoisotopic (exact) mass is 422 g/mol. The molecule has 0 unspecified atom stereocenters. The molecule has 150 valence electrons. The summed E-state index contributed by atoms with van der Waals surface area (Å²) in [5.41, 5.74) is 1.90. The first kappa shape index (κ1) is 20.8. The Labute approximate surface area is 171 Å². The number of nitrogens with one attached hydrogen (secondary N) is 2. The molecule has 2 aromatic carbocycles. The van der Waals surface area contributed by atoms with Crippen molar-refractivity contribution in [2.45, 2.75) is 18.4 Å². The van der Waals surface area contributed by atoms with Crippen LogP contribution in [0.1, 0.15) is 11.1 Å². The lowest BCUT2D eigenvalue weighted by molar-refractivity contribution is -0.895. The first-order chi connectivity index (χ1) is 13.4. The number of quaternary nitrogens is 1. The van der Waals surface area contributed by atoms with Gasteiger partial charge in [-0.25, -0.2) is 8.42 Å².